The molecule has 0 spiro atoms. The second-order valence-electron chi connectivity index (χ2n) is 8.51. The van der Waals surface area contributed by atoms with Crippen LogP contribution in [0.3, 0.4) is 0 Å². The highest BCUT2D eigenvalue weighted by atomic mass is 32.2. The Morgan fingerprint density at radius 3 is 2.39 bits per heavy atom. The molecule has 0 aromatic heterocycles. The van der Waals surface area contributed by atoms with Crippen molar-refractivity contribution in [1.29, 1.82) is 0 Å². The predicted molar refractivity (Wildman–Crippen MR) is 122 cm³/mol. The lowest BCUT2D eigenvalue weighted by atomic mass is 9.93. The number of carbonyl (C=O) groups is 1. The van der Waals surface area contributed by atoms with Crippen molar-refractivity contribution in [3.63, 3.8) is 0 Å². The summed E-state index contributed by atoms with van der Waals surface area (Å²) in [7, 11) is -2.26. The van der Waals surface area contributed by atoms with E-state index in [1.165, 1.54) is 0 Å². The molecular formula is C23H30N2O5S. The molecule has 0 unspecified atom stereocenters. The second-order valence-corrected chi connectivity index (χ2v) is 10.2. The van der Waals surface area contributed by atoms with Crippen LogP contribution in [0.15, 0.2) is 35.2 Å². The van der Waals surface area contributed by atoms with Crippen LogP contribution in [0, 0.1) is 19.3 Å². The maximum Gasteiger partial charge on any atom is 0.261 e. The normalized spacial score (nSPS) is 15.7. The van der Waals surface area contributed by atoms with Gasteiger partial charge in [0.15, 0.2) is 0 Å². The Morgan fingerprint density at radius 2 is 1.81 bits per heavy atom. The van der Waals surface area contributed by atoms with E-state index in [9.17, 15) is 13.2 Å². The van der Waals surface area contributed by atoms with Crippen molar-refractivity contribution < 1.29 is 22.7 Å². The monoisotopic (exact) mass is 446 g/mol. The third-order valence-electron chi connectivity index (χ3n) is 5.31. The van der Waals surface area contributed by atoms with Crippen LogP contribution in [-0.4, -0.2) is 34.6 Å². The standard InChI is InChI=1S/C23H30N2O5S/c1-7-10-25-19-9-8-17(13-20(19)30-14-23(4,5)22(25)26)24-31(27,28)18-11-15(2)21(29-6)16(3)12-18/h8-9,11-13,24H,7,10,14H2,1-6H3. The van der Waals surface area contributed by atoms with Gasteiger partial charge in [0.2, 0.25) is 5.91 Å². The molecule has 7 nitrogen and oxygen atoms in total. The van der Waals surface area contributed by atoms with Gasteiger partial charge < -0.3 is 14.4 Å². The van der Waals surface area contributed by atoms with Crippen LogP contribution >= 0.6 is 0 Å². The van der Waals surface area contributed by atoms with E-state index in [4.69, 9.17) is 9.47 Å². The number of nitrogens with one attached hydrogen (secondary N) is 1. The summed E-state index contributed by atoms with van der Waals surface area (Å²) in [5.41, 5.74) is 1.82. The molecule has 0 bridgehead atoms. The summed E-state index contributed by atoms with van der Waals surface area (Å²) < 4.78 is 39.9. The number of rotatable bonds is 6. The van der Waals surface area contributed by atoms with Crippen LogP contribution in [0.5, 0.6) is 11.5 Å². The smallest absolute Gasteiger partial charge is 0.261 e. The van der Waals surface area contributed by atoms with Gasteiger partial charge in [0, 0.05) is 12.6 Å². The summed E-state index contributed by atoms with van der Waals surface area (Å²) in [6.07, 6.45) is 0.797. The molecular weight excluding hydrogens is 416 g/mol. The highest BCUT2D eigenvalue weighted by molar-refractivity contribution is 7.92. The molecule has 2 aromatic rings. The molecule has 0 aliphatic carbocycles. The van der Waals surface area contributed by atoms with Crippen molar-refractivity contribution in [3.8, 4) is 11.5 Å². The van der Waals surface area contributed by atoms with Gasteiger partial charge in [-0.05, 0) is 69.5 Å². The maximum absolute atomic E-state index is 13.0. The highest BCUT2D eigenvalue weighted by Crippen LogP contribution is 2.39. The lowest BCUT2D eigenvalue weighted by Crippen LogP contribution is -2.42. The van der Waals surface area contributed by atoms with E-state index in [1.54, 1.807) is 42.3 Å². The lowest BCUT2D eigenvalue weighted by molar-refractivity contribution is -0.127. The number of benzene rings is 2. The number of carbonyl (C=O) groups excluding carboxylic acids is 1. The molecule has 168 valence electrons. The molecule has 1 amide bonds. The van der Waals surface area contributed by atoms with Gasteiger partial charge in [-0.2, -0.15) is 0 Å². The zero-order valence-electron chi connectivity index (χ0n) is 18.9. The van der Waals surface area contributed by atoms with Crippen molar-refractivity contribution in [2.75, 3.05) is 29.9 Å². The van der Waals surface area contributed by atoms with E-state index in [0.717, 1.165) is 17.5 Å². The van der Waals surface area contributed by atoms with E-state index in [0.29, 0.717) is 29.4 Å². The number of anilines is 2. The molecule has 0 fully saturated rings. The number of methoxy groups -OCH3 is 1. The fraction of sp³-hybridized carbons (Fsp3) is 0.435. The molecule has 31 heavy (non-hydrogen) atoms. The topological polar surface area (TPSA) is 84.9 Å². The van der Waals surface area contributed by atoms with Crippen LogP contribution in [0.25, 0.3) is 0 Å². The largest absolute Gasteiger partial charge is 0.496 e. The molecule has 2 aromatic carbocycles. The van der Waals surface area contributed by atoms with Crippen LogP contribution in [0.2, 0.25) is 0 Å². The minimum absolute atomic E-state index is 0.00869. The molecule has 8 heteroatoms. The first-order valence-electron chi connectivity index (χ1n) is 10.3. The average molecular weight is 447 g/mol. The van der Waals surface area contributed by atoms with Crippen molar-refractivity contribution in [3.05, 3.63) is 41.5 Å². The van der Waals surface area contributed by atoms with Gasteiger partial charge in [0.25, 0.3) is 10.0 Å². The number of ether oxygens (including phenoxy) is 2. The molecule has 0 saturated carbocycles. The molecule has 1 heterocycles. The molecule has 1 N–H and O–H groups in total. The highest BCUT2D eigenvalue weighted by Gasteiger charge is 2.37. The Bertz CT molecular complexity index is 1090. The third kappa shape index (κ3) is 4.49. The fourth-order valence-electron chi connectivity index (χ4n) is 3.76. The zero-order valence-corrected chi connectivity index (χ0v) is 19.7. The van der Waals surface area contributed by atoms with Gasteiger partial charge in [0.05, 0.1) is 28.8 Å². The first-order valence-corrected chi connectivity index (χ1v) is 11.8. The van der Waals surface area contributed by atoms with Crippen LogP contribution < -0.4 is 19.1 Å². The number of sulfonamides is 1. The SMILES string of the molecule is CCCN1C(=O)C(C)(C)COc2cc(NS(=O)(=O)c3cc(C)c(OC)c(C)c3)ccc21. The predicted octanol–water partition coefficient (Wildman–Crippen LogP) is 4.27. The Morgan fingerprint density at radius 1 is 1.16 bits per heavy atom. The molecule has 0 radical (unpaired) electrons. The number of fused-ring (bicyclic) bond motifs is 1. The summed E-state index contributed by atoms with van der Waals surface area (Å²) in [4.78, 5) is 14.8. The second kappa shape index (κ2) is 8.42. The summed E-state index contributed by atoms with van der Waals surface area (Å²) >= 11 is 0. The number of hydrogen-bond acceptors (Lipinski definition) is 5. The fourth-order valence-corrected chi connectivity index (χ4v) is 4.98. The molecule has 0 saturated heterocycles. The van der Waals surface area contributed by atoms with E-state index in [1.807, 2.05) is 34.6 Å². The first kappa shape index (κ1) is 22.9. The summed E-state index contributed by atoms with van der Waals surface area (Å²) in [6, 6.07) is 8.17. The van der Waals surface area contributed by atoms with Gasteiger partial charge in [-0.3, -0.25) is 9.52 Å². The Labute approximate surface area is 184 Å². The van der Waals surface area contributed by atoms with Crippen molar-refractivity contribution in [2.24, 2.45) is 5.41 Å². The lowest BCUT2D eigenvalue weighted by Gasteiger charge is -2.27. The van der Waals surface area contributed by atoms with Gasteiger partial charge in [0.1, 0.15) is 18.1 Å². The zero-order chi connectivity index (χ0) is 23.0. The summed E-state index contributed by atoms with van der Waals surface area (Å²) in [5.74, 6) is 1.14. The van der Waals surface area contributed by atoms with E-state index >= 15 is 0 Å². The van der Waals surface area contributed by atoms with Crippen LogP contribution in [0.1, 0.15) is 38.3 Å². The van der Waals surface area contributed by atoms with E-state index in [2.05, 4.69) is 4.72 Å². The number of amides is 1. The number of aryl methyl sites for hydroxylation is 2. The van der Waals surface area contributed by atoms with Crippen molar-refractivity contribution >= 4 is 27.3 Å². The summed E-state index contributed by atoms with van der Waals surface area (Å²) in [6.45, 7) is 10.1. The molecule has 0 atom stereocenters. The van der Waals surface area contributed by atoms with Gasteiger partial charge in [-0.1, -0.05) is 6.92 Å². The molecule has 1 aliphatic rings. The van der Waals surface area contributed by atoms with Crippen LogP contribution in [0.4, 0.5) is 11.4 Å². The van der Waals surface area contributed by atoms with Gasteiger partial charge >= 0.3 is 0 Å². The Hall–Kier alpha value is -2.74. The minimum Gasteiger partial charge on any atom is -0.496 e. The number of hydrogen-bond donors (Lipinski definition) is 1. The quantitative estimate of drug-likeness (QED) is 0.716. The van der Waals surface area contributed by atoms with Crippen molar-refractivity contribution in [1.82, 2.24) is 0 Å². The third-order valence-corrected chi connectivity index (χ3v) is 6.67. The Balaban J connectivity index is 1.96. The van der Waals surface area contributed by atoms with E-state index in [-0.39, 0.29) is 17.4 Å². The van der Waals surface area contributed by atoms with Crippen LogP contribution in [-0.2, 0) is 14.8 Å². The van der Waals surface area contributed by atoms with Gasteiger partial charge in [-0.15, -0.1) is 0 Å². The first-order chi connectivity index (χ1) is 14.5. The average Bonchev–Trinajstić information content (AvgIpc) is 2.78. The van der Waals surface area contributed by atoms with Gasteiger partial charge in [-0.25, -0.2) is 8.42 Å². The van der Waals surface area contributed by atoms with Crippen molar-refractivity contribution in [2.45, 2.75) is 45.9 Å². The number of nitrogens with zero attached hydrogens (tertiary/aromatic N) is 1. The summed E-state index contributed by atoms with van der Waals surface area (Å²) in [5, 5.41) is 0. The maximum atomic E-state index is 13.0. The molecule has 3 rings (SSSR count). The minimum atomic E-state index is -3.82. The Kier molecular flexibility index (Phi) is 6.23. The molecule has 1 aliphatic heterocycles. The van der Waals surface area contributed by atoms with E-state index < -0.39 is 15.4 Å².